The van der Waals surface area contributed by atoms with E-state index in [1.807, 2.05) is 20.8 Å². The Morgan fingerprint density at radius 1 is 1.37 bits per heavy atom. The molecule has 1 aromatic rings. The Kier molecular flexibility index (Phi) is 5.26. The monoisotopic (exact) mass is 301 g/mol. The predicted octanol–water partition coefficient (Wildman–Crippen LogP) is 3.51. The number of carbonyl (C=O) groups excluding carboxylic acids is 1. The van der Waals surface area contributed by atoms with Crippen LogP contribution in [0.3, 0.4) is 0 Å². The Morgan fingerprint density at radius 2 is 2.00 bits per heavy atom. The van der Waals surface area contributed by atoms with Gasteiger partial charge in [0.15, 0.2) is 0 Å². The lowest BCUT2D eigenvalue weighted by Gasteiger charge is -2.17. The third-order valence-corrected chi connectivity index (χ3v) is 3.63. The molecule has 1 aromatic carbocycles. The molecule has 0 unspecified atom stereocenters. The maximum absolute atomic E-state index is 11.8. The fraction of sp³-hybridized carbons (Fsp3) is 0.385. The van der Waals surface area contributed by atoms with Crippen molar-refractivity contribution in [3.63, 3.8) is 0 Å². The zero-order valence-electron chi connectivity index (χ0n) is 11.0. The average Bonchev–Trinajstić information content (AvgIpc) is 2.25. The number of anilines is 1. The lowest BCUT2D eigenvalue weighted by Crippen LogP contribution is -2.20. The molecule has 0 aliphatic heterocycles. The molecule has 0 heterocycles. The minimum absolute atomic E-state index is 0.0264. The fourth-order valence-corrected chi connectivity index (χ4v) is 2.08. The molecular formula is C13H16ClNO3S. The van der Waals surface area contributed by atoms with Crippen molar-refractivity contribution in [2.24, 2.45) is 0 Å². The smallest absolute Gasteiger partial charge is 0.337 e. The highest BCUT2D eigenvalue weighted by Crippen LogP contribution is 2.24. The number of nitrogens with one attached hydrogen (secondary N) is 1. The summed E-state index contributed by atoms with van der Waals surface area (Å²) in [5.41, 5.74) is 0.248. The van der Waals surface area contributed by atoms with Crippen LogP contribution in [0.1, 0.15) is 31.1 Å². The summed E-state index contributed by atoms with van der Waals surface area (Å²) < 4.78 is -0.0265. The first kappa shape index (κ1) is 15.9. The van der Waals surface area contributed by atoms with Crippen LogP contribution in [-0.4, -0.2) is 27.5 Å². The number of aromatic carboxylic acids is 1. The van der Waals surface area contributed by atoms with E-state index in [9.17, 15) is 9.59 Å². The molecule has 0 bridgehead atoms. The maximum Gasteiger partial charge on any atom is 0.337 e. The van der Waals surface area contributed by atoms with Crippen molar-refractivity contribution in [1.29, 1.82) is 0 Å². The average molecular weight is 302 g/mol. The van der Waals surface area contributed by atoms with Gasteiger partial charge in [0.2, 0.25) is 5.91 Å². The zero-order chi connectivity index (χ0) is 14.6. The molecule has 0 atom stereocenters. The lowest BCUT2D eigenvalue weighted by molar-refractivity contribution is -0.113. The van der Waals surface area contributed by atoms with E-state index in [0.717, 1.165) is 0 Å². The first-order valence-corrected chi connectivity index (χ1v) is 7.02. The standard InChI is InChI=1S/C13H16ClNO3S/c1-13(2,3)19-7-11(16)15-10-6-8(14)4-5-9(10)12(17)18/h4-6H,7H2,1-3H3,(H,15,16)(H,17,18). The zero-order valence-corrected chi connectivity index (χ0v) is 12.6. The number of hydrogen-bond donors (Lipinski definition) is 2. The molecule has 19 heavy (non-hydrogen) atoms. The van der Waals surface area contributed by atoms with E-state index in [4.69, 9.17) is 16.7 Å². The molecule has 0 saturated heterocycles. The molecule has 0 radical (unpaired) electrons. The number of halogens is 1. The van der Waals surface area contributed by atoms with Gasteiger partial charge in [-0.3, -0.25) is 4.79 Å². The molecule has 0 spiro atoms. The molecule has 1 rings (SSSR count). The second kappa shape index (κ2) is 6.30. The molecule has 0 aromatic heterocycles. The molecule has 104 valence electrons. The van der Waals surface area contributed by atoms with E-state index in [1.54, 1.807) is 0 Å². The van der Waals surface area contributed by atoms with Crippen molar-refractivity contribution in [3.8, 4) is 0 Å². The summed E-state index contributed by atoms with van der Waals surface area (Å²) >= 11 is 7.29. The van der Waals surface area contributed by atoms with Crippen molar-refractivity contribution >= 4 is 40.9 Å². The van der Waals surface area contributed by atoms with Gasteiger partial charge in [0.25, 0.3) is 0 Å². The van der Waals surface area contributed by atoms with Crippen molar-refractivity contribution < 1.29 is 14.7 Å². The molecule has 0 aliphatic rings. The number of amides is 1. The molecule has 0 aliphatic carbocycles. The van der Waals surface area contributed by atoms with E-state index < -0.39 is 5.97 Å². The lowest BCUT2D eigenvalue weighted by atomic mass is 10.2. The van der Waals surface area contributed by atoms with Gasteiger partial charge in [-0.1, -0.05) is 32.4 Å². The SMILES string of the molecule is CC(C)(C)SCC(=O)Nc1cc(Cl)ccc1C(=O)O. The number of carboxylic acids is 1. The summed E-state index contributed by atoms with van der Waals surface area (Å²) in [7, 11) is 0. The molecule has 0 saturated carbocycles. The van der Waals surface area contributed by atoms with Crippen LogP contribution in [0.25, 0.3) is 0 Å². The Hall–Kier alpha value is -1.20. The third kappa shape index (κ3) is 5.53. The number of thioether (sulfide) groups is 1. The first-order valence-electron chi connectivity index (χ1n) is 5.66. The van der Waals surface area contributed by atoms with E-state index in [-0.39, 0.29) is 27.7 Å². The summed E-state index contributed by atoms with van der Waals surface area (Å²) in [4.78, 5) is 22.8. The highest BCUT2D eigenvalue weighted by Gasteiger charge is 2.16. The summed E-state index contributed by atoms with van der Waals surface area (Å²) in [5, 5.41) is 12.0. The Balaban J connectivity index is 2.78. The van der Waals surface area contributed by atoms with Gasteiger partial charge < -0.3 is 10.4 Å². The van der Waals surface area contributed by atoms with E-state index in [1.165, 1.54) is 30.0 Å². The number of benzene rings is 1. The minimum Gasteiger partial charge on any atom is -0.478 e. The van der Waals surface area contributed by atoms with Crippen molar-refractivity contribution in [3.05, 3.63) is 28.8 Å². The van der Waals surface area contributed by atoms with E-state index >= 15 is 0 Å². The predicted molar refractivity (Wildman–Crippen MR) is 79.3 cm³/mol. The van der Waals surface area contributed by atoms with Crippen LogP contribution in [0.15, 0.2) is 18.2 Å². The van der Waals surface area contributed by atoms with Gasteiger partial charge in [-0.15, -0.1) is 11.8 Å². The van der Waals surface area contributed by atoms with Crippen LogP contribution in [0.4, 0.5) is 5.69 Å². The first-order chi connectivity index (χ1) is 8.69. The van der Waals surface area contributed by atoms with E-state index in [0.29, 0.717) is 5.02 Å². The van der Waals surface area contributed by atoms with Crippen LogP contribution >= 0.6 is 23.4 Å². The molecule has 4 nitrogen and oxygen atoms in total. The van der Waals surface area contributed by atoms with Gasteiger partial charge in [-0.25, -0.2) is 4.79 Å². The van der Waals surface area contributed by atoms with Gasteiger partial charge in [0.05, 0.1) is 17.0 Å². The summed E-state index contributed by atoms with van der Waals surface area (Å²) in [6, 6.07) is 4.28. The van der Waals surface area contributed by atoms with Crippen LogP contribution in [0, 0.1) is 0 Å². The van der Waals surface area contributed by atoms with Gasteiger partial charge in [0.1, 0.15) is 0 Å². The van der Waals surface area contributed by atoms with E-state index in [2.05, 4.69) is 5.32 Å². The topological polar surface area (TPSA) is 66.4 Å². The Labute approximate surface area is 121 Å². The highest BCUT2D eigenvalue weighted by molar-refractivity contribution is 8.01. The Morgan fingerprint density at radius 3 is 2.53 bits per heavy atom. The molecular weight excluding hydrogens is 286 g/mol. The summed E-state index contributed by atoms with van der Waals surface area (Å²) in [6.07, 6.45) is 0. The van der Waals surface area contributed by atoms with Gasteiger partial charge in [-0.2, -0.15) is 0 Å². The number of carbonyl (C=O) groups is 2. The van der Waals surface area contributed by atoms with Gasteiger partial charge in [-0.05, 0) is 18.2 Å². The maximum atomic E-state index is 11.8. The third-order valence-electron chi connectivity index (χ3n) is 2.12. The second-order valence-corrected chi connectivity index (χ2v) is 7.18. The fourth-order valence-electron chi connectivity index (χ4n) is 1.27. The van der Waals surface area contributed by atoms with Crippen molar-refractivity contribution in [2.75, 3.05) is 11.1 Å². The summed E-state index contributed by atoms with van der Waals surface area (Å²) in [6.45, 7) is 6.02. The molecule has 1 amide bonds. The normalized spacial score (nSPS) is 11.2. The van der Waals surface area contributed by atoms with Gasteiger partial charge in [0, 0.05) is 9.77 Å². The molecule has 6 heteroatoms. The van der Waals surface area contributed by atoms with Crippen LogP contribution in [0.5, 0.6) is 0 Å². The minimum atomic E-state index is -1.10. The van der Waals surface area contributed by atoms with Crippen LogP contribution in [0.2, 0.25) is 5.02 Å². The van der Waals surface area contributed by atoms with Crippen LogP contribution in [-0.2, 0) is 4.79 Å². The highest BCUT2D eigenvalue weighted by atomic mass is 35.5. The molecule has 2 N–H and O–H groups in total. The number of hydrogen-bond acceptors (Lipinski definition) is 3. The van der Waals surface area contributed by atoms with Crippen LogP contribution < -0.4 is 5.32 Å². The Bertz CT molecular complexity index is 497. The molecule has 0 fully saturated rings. The second-order valence-electron chi connectivity index (χ2n) is 4.94. The largest absolute Gasteiger partial charge is 0.478 e. The number of carboxylic acid groups (broad SMARTS) is 1. The van der Waals surface area contributed by atoms with Gasteiger partial charge >= 0.3 is 5.97 Å². The quantitative estimate of drug-likeness (QED) is 0.893. The number of rotatable bonds is 4. The van der Waals surface area contributed by atoms with Crippen molar-refractivity contribution in [1.82, 2.24) is 0 Å². The summed E-state index contributed by atoms with van der Waals surface area (Å²) in [5.74, 6) is -1.09. The van der Waals surface area contributed by atoms with Crippen molar-refractivity contribution in [2.45, 2.75) is 25.5 Å².